The Kier molecular flexibility index (Phi) is 7.73. The van der Waals surface area contributed by atoms with Gasteiger partial charge < -0.3 is 20.1 Å². The van der Waals surface area contributed by atoms with Crippen LogP contribution in [0.15, 0.2) is 54.6 Å². The Morgan fingerprint density at radius 3 is 2.68 bits per heavy atom. The van der Waals surface area contributed by atoms with E-state index in [1.54, 1.807) is 0 Å². The molecular weight excluding hydrogens is 340 g/mol. The van der Waals surface area contributed by atoms with Crippen LogP contribution in [0.1, 0.15) is 12.0 Å². The van der Waals surface area contributed by atoms with Gasteiger partial charge in [-0.1, -0.05) is 36.4 Å². The Balaban J connectivity index is 0.00000225. The fourth-order valence-electron chi connectivity index (χ4n) is 2.61. The molecule has 1 aliphatic rings. The molecule has 2 aromatic carbocycles. The summed E-state index contributed by atoms with van der Waals surface area (Å²) in [5.74, 6) is 1.54. The van der Waals surface area contributed by atoms with Gasteiger partial charge in [0.1, 0.15) is 11.5 Å². The lowest BCUT2D eigenvalue weighted by Gasteiger charge is -2.23. The highest BCUT2D eigenvalue weighted by Gasteiger charge is 2.17. The minimum absolute atomic E-state index is 0. The second kappa shape index (κ2) is 10.0. The summed E-state index contributed by atoms with van der Waals surface area (Å²) in [6.45, 7) is 2.53. The van der Waals surface area contributed by atoms with Gasteiger partial charge in [0.25, 0.3) is 0 Å². The number of benzene rings is 2. The Labute approximate surface area is 154 Å². The first kappa shape index (κ1) is 19.2. The zero-order chi connectivity index (χ0) is 16.6. The van der Waals surface area contributed by atoms with Crippen molar-refractivity contribution in [3.05, 3.63) is 60.2 Å². The SMILES string of the molecule is Cl.O=C(CC1COCCN1)NCc1ccccc1Oc1ccccc1. The van der Waals surface area contributed by atoms with E-state index in [1.807, 2.05) is 54.6 Å². The molecule has 3 rings (SSSR count). The van der Waals surface area contributed by atoms with Crippen molar-refractivity contribution in [2.45, 2.75) is 19.0 Å². The number of rotatable bonds is 6. The molecule has 0 aliphatic carbocycles. The maximum Gasteiger partial charge on any atom is 0.221 e. The number of amides is 1. The maximum atomic E-state index is 12.1. The summed E-state index contributed by atoms with van der Waals surface area (Å²) < 4.78 is 11.3. The minimum atomic E-state index is 0. The van der Waals surface area contributed by atoms with Gasteiger partial charge in [-0.25, -0.2) is 0 Å². The van der Waals surface area contributed by atoms with Gasteiger partial charge in [0, 0.05) is 31.1 Å². The molecule has 1 saturated heterocycles. The molecule has 0 radical (unpaired) electrons. The molecule has 1 aliphatic heterocycles. The average Bonchev–Trinajstić information content (AvgIpc) is 2.63. The number of carbonyl (C=O) groups excluding carboxylic acids is 1. The van der Waals surface area contributed by atoms with Gasteiger partial charge in [-0.3, -0.25) is 4.79 Å². The molecule has 0 aromatic heterocycles. The summed E-state index contributed by atoms with van der Waals surface area (Å²) in [6.07, 6.45) is 0.418. The molecule has 1 unspecified atom stereocenters. The third-order valence-corrected chi connectivity index (χ3v) is 3.85. The lowest BCUT2D eigenvalue weighted by molar-refractivity contribution is -0.122. The van der Waals surface area contributed by atoms with Crippen LogP contribution >= 0.6 is 12.4 Å². The molecule has 25 heavy (non-hydrogen) atoms. The molecule has 2 aromatic rings. The lowest BCUT2D eigenvalue weighted by atomic mass is 10.1. The summed E-state index contributed by atoms with van der Waals surface area (Å²) >= 11 is 0. The molecule has 6 heteroatoms. The van der Waals surface area contributed by atoms with Crippen LogP contribution in [0.2, 0.25) is 0 Å². The summed E-state index contributed by atoms with van der Waals surface area (Å²) in [5.41, 5.74) is 0.947. The molecule has 1 atom stereocenters. The van der Waals surface area contributed by atoms with Crippen molar-refractivity contribution >= 4 is 18.3 Å². The normalized spacial score (nSPS) is 16.6. The van der Waals surface area contributed by atoms with E-state index in [-0.39, 0.29) is 24.4 Å². The maximum absolute atomic E-state index is 12.1. The third-order valence-electron chi connectivity index (χ3n) is 3.85. The van der Waals surface area contributed by atoms with Crippen LogP contribution in [0, 0.1) is 0 Å². The second-order valence-corrected chi connectivity index (χ2v) is 5.73. The van der Waals surface area contributed by atoms with Crippen molar-refractivity contribution in [2.24, 2.45) is 0 Å². The van der Waals surface area contributed by atoms with Crippen molar-refractivity contribution in [1.29, 1.82) is 0 Å². The molecule has 1 heterocycles. The standard InChI is InChI=1S/C19H22N2O3.ClH/c22-19(12-16-14-23-11-10-20-16)21-13-15-6-4-5-9-18(15)24-17-7-2-1-3-8-17;/h1-9,16,20H,10-14H2,(H,21,22);1H. The zero-order valence-electron chi connectivity index (χ0n) is 13.9. The van der Waals surface area contributed by atoms with E-state index in [0.717, 1.165) is 23.6 Å². The first-order valence-electron chi connectivity index (χ1n) is 8.20. The van der Waals surface area contributed by atoms with E-state index in [4.69, 9.17) is 9.47 Å². The third kappa shape index (κ3) is 6.05. The molecule has 134 valence electrons. The van der Waals surface area contributed by atoms with Crippen LogP contribution < -0.4 is 15.4 Å². The first-order valence-corrected chi connectivity index (χ1v) is 8.20. The monoisotopic (exact) mass is 362 g/mol. The Morgan fingerprint density at radius 1 is 1.16 bits per heavy atom. The van der Waals surface area contributed by atoms with Gasteiger partial charge in [-0.15, -0.1) is 12.4 Å². The average molecular weight is 363 g/mol. The van der Waals surface area contributed by atoms with Crippen molar-refractivity contribution in [2.75, 3.05) is 19.8 Å². The zero-order valence-corrected chi connectivity index (χ0v) is 14.8. The molecular formula is C19H23ClN2O3. The number of nitrogens with one attached hydrogen (secondary N) is 2. The molecule has 5 nitrogen and oxygen atoms in total. The van der Waals surface area contributed by atoms with Crippen LogP contribution in [0.3, 0.4) is 0 Å². The van der Waals surface area contributed by atoms with Crippen LogP contribution in [-0.4, -0.2) is 31.7 Å². The molecule has 1 amide bonds. The van der Waals surface area contributed by atoms with E-state index < -0.39 is 0 Å². The number of carbonyl (C=O) groups is 1. The van der Waals surface area contributed by atoms with Gasteiger partial charge in [-0.2, -0.15) is 0 Å². The van der Waals surface area contributed by atoms with E-state index in [1.165, 1.54) is 0 Å². The van der Waals surface area contributed by atoms with Gasteiger partial charge in [-0.05, 0) is 18.2 Å². The summed E-state index contributed by atoms with van der Waals surface area (Å²) in [4.78, 5) is 12.1. The van der Waals surface area contributed by atoms with Crippen molar-refractivity contribution in [3.63, 3.8) is 0 Å². The van der Waals surface area contributed by atoms with Crippen LogP contribution in [0.25, 0.3) is 0 Å². The van der Waals surface area contributed by atoms with Gasteiger partial charge >= 0.3 is 0 Å². The number of hydrogen-bond acceptors (Lipinski definition) is 4. The smallest absolute Gasteiger partial charge is 0.221 e. The van der Waals surface area contributed by atoms with E-state index >= 15 is 0 Å². The molecule has 0 spiro atoms. The van der Waals surface area contributed by atoms with E-state index in [9.17, 15) is 4.79 Å². The summed E-state index contributed by atoms with van der Waals surface area (Å²) in [7, 11) is 0. The number of ether oxygens (including phenoxy) is 2. The fraction of sp³-hybridized carbons (Fsp3) is 0.316. The largest absolute Gasteiger partial charge is 0.457 e. The number of halogens is 1. The minimum Gasteiger partial charge on any atom is -0.457 e. The Morgan fingerprint density at radius 2 is 1.92 bits per heavy atom. The number of morpholine rings is 1. The quantitative estimate of drug-likeness (QED) is 0.829. The van der Waals surface area contributed by atoms with Gasteiger partial charge in [0.05, 0.1) is 13.2 Å². The fourth-order valence-corrected chi connectivity index (χ4v) is 2.61. The first-order chi connectivity index (χ1) is 11.8. The topological polar surface area (TPSA) is 59.6 Å². The van der Waals surface area contributed by atoms with Gasteiger partial charge in [0.2, 0.25) is 5.91 Å². The second-order valence-electron chi connectivity index (χ2n) is 5.73. The van der Waals surface area contributed by atoms with Crippen molar-refractivity contribution in [1.82, 2.24) is 10.6 Å². The predicted octanol–water partition coefficient (Wildman–Crippen LogP) is 2.90. The number of para-hydroxylation sites is 2. The lowest BCUT2D eigenvalue weighted by Crippen LogP contribution is -2.44. The molecule has 1 fully saturated rings. The van der Waals surface area contributed by atoms with Crippen molar-refractivity contribution < 1.29 is 14.3 Å². The Hall–Kier alpha value is -2.08. The predicted molar refractivity (Wildman–Crippen MR) is 99.3 cm³/mol. The van der Waals surface area contributed by atoms with Crippen LogP contribution in [0.5, 0.6) is 11.5 Å². The van der Waals surface area contributed by atoms with Crippen LogP contribution in [0.4, 0.5) is 0 Å². The van der Waals surface area contributed by atoms with Crippen LogP contribution in [-0.2, 0) is 16.1 Å². The van der Waals surface area contributed by atoms with E-state index in [2.05, 4.69) is 10.6 Å². The highest BCUT2D eigenvalue weighted by atomic mass is 35.5. The summed E-state index contributed by atoms with van der Waals surface area (Å²) in [5, 5.41) is 6.24. The molecule has 0 bridgehead atoms. The van der Waals surface area contributed by atoms with Gasteiger partial charge in [0.15, 0.2) is 0 Å². The van der Waals surface area contributed by atoms with Crippen molar-refractivity contribution in [3.8, 4) is 11.5 Å². The highest BCUT2D eigenvalue weighted by molar-refractivity contribution is 5.85. The number of hydrogen-bond donors (Lipinski definition) is 2. The molecule has 2 N–H and O–H groups in total. The highest BCUT2D eigenvalue weighted by Crippen LogP contribution is 2.24. The molecule has 0 saturated carbocycles. The van der Waals surface area contributed by atoms with E-state index in [0.29, 0.717) is 26.2 Å². The Bertz CT molecular complexity index is 661. The summed E-state index contributed by atoms with van der Waals surface area (Å²) in [6, 6.07) is 17.4.